The maximum Gasteiger partial charge on any atom is 0.130 e. The van der Waals surface area contributed by atoms with Gasteiger partial charge in [0.1, 0.15) is 11.6 Å². The van der Waals surface area contributed by atoms with Crippen LogP contribution in [-0.4, -0.2) is 22.1 Å². The van der Waals surface area contributed by atoms with E-state index in [1.807, 2.05) is 19.9 Å². The van der Waals surface area contributed by atoms with Crippen LogP contribution in [0.25, 0.3) is 0 Å². The van der Waals surface area contributed by atoms with Gasteiger partial charge in [0.25, 0.3) is 0 Å². The number of hydrogen-bond donors (Lipinski definition) is 2. The first-order valence-corrected chi connectivity index (χ1v) is 5.44. The van der Waals surface area contributed by atoms with Gasteiger partial charge in [0.15, 0.2) is 0 Å². The predicted octanol–water partition coefficient (Wildman–Crippen LogP) is 1.39. The van der Waals surface area contributed by atoms with E-state index in [0.29, 0.717) is 6.54 Å². The van der Waals surface area contributed by atoms with E-state index in [-0.39, 0.29) is 5.54 Å². The molecule has 0 unspecified atom stereocenters. The van der Waals surface area contributed by atoms with Crippen molar-refractivity contribution in [2.75, 3.05) is 11.9 Å². The molecular weight excluding hydrogens is 188 g/mol. The van der Waals surface area contributed by atoms with Crippen molar-refractivity contribution in [3.8, 4) is 0 Å². The summed E-state index contributed by atoms with van der Waals surface area (Å²) in [5.74, 6) is 1.72. The molecule has 15 heavy (non-hydrogen) atoms. The van der Waals surface area contributed by atoms with Gasteiger partial charge in [-0.3, -0.25) is 0 Å². The highest BCUT2D eigenvalue weighted by Gasteiger charge is 2.35. The van der Waals surface area contributed by atoms with Crippen LogP contribution in [0, 0.1) is 13.8 Å². The van der Waals surface area contributed by atoms with Crippen molar-refractivity contribution < 1.29 is 0 Å². The Hall–Kier alpha value is -1.16. The van der Waals surface area contributed by atoms with Crippen molar-refractivity contribution in [3.05, 3.63) is 17.6 Å². The molecule has 4 nitrogen and oxygen atoms in total. The third-order valence-electron chi connectivity index (χ3n) is 3.06. The van der Waals surface area contributed by atoms with Gasteiger partial charge in [0.05, 0.1) is 5.54 Å². The molecule has 1 heterocycles. The number of nitrogens with two attached hydrogens (primary N) is 1. The van der Waals surface area contributed by atoms with Gasteiger partial charge in [0, 0.05) is 18.3 Å². The van der Waals surface area contributed by atoms with Crippen LogP contribution in [0.2, 0.25) is 0 Å². The Morgan fingerprint density at radius 2 is 2.13 bits per heavy atom. The summed E-state index contributed by atoms with van der Waals surface area (Å²) in [5.41, 5.74) is 6.87. The lowest BCUT2D eigenvalue weighted by molar-refractivity contribution is 0.286. The van der Waals surface area contributed by atoms with Gasteiger partial charge in [-0.15, -0.1) is 0 Å². The lowest BCUT2D eigenvalue weighted by Crippen LogP contribution is -2.51. The molecule has 1 aromatic rings. The summed E-state index contributed by atoms with van der Waals surface area (Å²) in [7, 11) is 0. The Balaban J connectivity index is 2.16. The summed E-state index contributed by atoms with van der Waals surface area (Å²) >= 11 is 0. The summed E-state index contributed by atoms with van der Waals surface area (Å²) < 4.78 is 0. The molecule has 82 valence electrons. The Morgan fingerprint density at radius 1 is 1.40 bits per heavy atom. The van der Waals surface area contributed by atoms with Crippen LogP contribution in [0.5, 0.6) is 0 Å². The normalized spacial score (nSPS) is 18.3. The monoisotopic (exact) mass is 206 g/mol. The number of aromatic nitrogens is 2. The van der Waals surface area contributed by atoms with Crippen LogP contribution < -0.4 is 11.1 Å². The second-order valence-corrected chi connectivity index (χ2v) is 4.40. The van der Waals surface area contributed by atoms with Crippen LogP contribution in [-0.2, 0) is 0 Å². The van der Waals surface area contributed by atoms with Crippen LogP contribution in [0.3, 0.4) is 0 Å². The van der Waals surface area contributed by atoms with E-state index in [1.54, 1.807) is 0 Å². The van der Waals surface area contributed by atoms with Crippen molar-refractivity contribution in [3.63, 3.8) is 0 Å². The Morgan fingerprint density at radius 3 is 2.60 bits per heavy atom. The molecule has 0 amide bonds. The molecule has 0 bridgehead atoms. The highest BCUT2D eigenvalue weighted by molar-refractivity contribution is 5.40. The van der Waals surface area contributed by atoms with Crippen LogP contribution in [0.15, 0.2) is 6.07 Å². The Bertz CT molecular complexity index is 332. The zero-order valence-corrected chi connectivity index (χ0v) is 9.38. The minimum Gasteiger partial charge on any atom is -0.363 e. The molecule has 0 saturated heterocycles. The standard InChI is InChI=1S/C11H18N4/c1-8-6-10(14-9(2)13-8)15-11(7-12)4-3-5-11/h6H,3-5,7,12H2,1-2H3,(H,13,14,15). The third-order valence-corrected chi connectivity index (χ3v) is 3.06. The molecule has 2 rings (SSSR count). The largest absolute Gasteiger partial charge is 0.363 e. The van der Waals surface area contributed by atoms with Crippen LogP contribution >= 0.6 is 0 Å². The Labute approximate surface area is 90.3 Å². The maximum atomic E-state index is 5.79. The lowest BCUT2D eigenvalue weighted by atomic mass is 9.77. The van der Waals surface area contributed by atoms with Crippen molar-refractivity contribution in [1.29, 1.82) is 0 Å². The zero-order chi connectivity index (χ0) is 10.9. The first kappa shape index (κ1) is 10.4. The summed E-state index contributed by atoms with van der Waals surface area (Å²) in [6, 6.07) is 1.97. The van der Waals surface area contributed by atoms with E-state index in [1.165, 1.54) is 6.42 Å². The first-order chi connectivity index (χ1) is 7.13. The first-order valence-electron chi connectivity index (χ1n) is 5.44. The number of rotatable bonds is 3. The van der Waals surface area contributed by atoms with Gasteiger partial charge >= 0.3 is 0 Å². The molecule has 1 saturated carbocycles. The zero-order valence-electron chi connectivity index (χ0n) is 9.38. The van der Waals surface area contributed by atoms with Crippen LogP contribution in [0.4, 0.5) is 5.82 Å². The number of nitrogens with zero attached hydrogens (tertiary/aromatic N) is 2. The number of aryl methyl sites for hydroxylation is 2. The maximum absolute atomic E-state index is 5.79. The minimum absolute atomic E-state index is 0.0905. The number of nitrogens with one attached hydrogen (secondary N) is 1. The number of hydrogen-bond acceptors (Lipinski definition) is 4. The molecule has 0 spiro atoms. The summed E-state index contributed by atoms with van der Waals surface area (Å²) in [6.07, 6.45) is 3.55. The van der Waals surface area contributed by atoms with Crippen molar-refractivity contribution >= 4 is 5.82 Å². The van der Waals surface area contributed by atoms with E-state index in [0.717, 1.165) is 30.2 Å². The molecule has 1 fully saturated rings. The van der Waals surface area contributed by atoms with Crippen molar-refractivity contribution in [2.24, 2.45) is 5.73 Å². The average molecular weight is 206 g/mol. The summed E-state index contributed by atoms with van der Waals surface area (Å²) in [5, 5.41) is 3.45. The van der Waals surface area contributed by atoms with Crippen LogP contribution in [0.1, 0.15) is 30.8 Å². The average Bonchev–Trinajstić information content (AvgIpc) is 2.10. The lowest BCUT2D eigenvalue weighted by Gasteiger charge is -2.42. The van der Waals surface area contributed by atoms with E-state index in [9.17, 15) is 0 Å². The minimum atomic E-state index is 0.0905. The van der Waals surface area contributed by atoms with Gasteiger partial charge in [0.2, 0.25) is 0 Å². The third kappa shape index (κ3) is 2.09. The molecule has 0 aliphatic heterocycles. The highest BCUT2D eigenvalue weighted by Crippen LogP contribution is 2.33. The molecule has 3 N–H and O–H groups in total. The Kier molecular flexibility index (Phi) is 2.61. The second-order valence-electron chi connectivity index (χ2n) is 4.40. The quantitative estimate of drug-likeness (QED) is 0.784. The summed E-state index contributed by atoms with van der Waals surface area (Å²) in [4.78, 5) is 8.62. The number of anilines is 1. The van der Waals surface area contributed by atoms with Crippen molar-refractivity contribution in [2.45, 2.75) is 38.6 Å². The van der Waals surface area contributed by atoms with Gasteiger partial charge in [-0.1, -0.05) is 0 Å². The van der Waals surface area contributed by atoms with Gasteiger partial charge < -0.3 is 11.1 Å². The molecule has 1 aliphatic carbocycles. The van der Waals surface area contributed by atoms with Gasteiger partial charge in [-0.2, -0.15) is 0 Å². The van der Waals surface area contributed by atoms with E-state index < -0.39 is 0 Å². The van der Waals surface area contributed by atoms with E-state index >= 15 is 0 Å². The fraction of sp³-hybridized carbons (Fsp3) is 0.636. The smallest absolute Gasteiger partial charge is 0.130 e. The van der Waals surface area contributed by atoms with Gasteiger partial charge in [-0.05, 0) is 33.1 Å². The molecule has 4 heteroatoms. The predicted molar refractivity (Wildman–Crippen MR) is 60.8 cm³/mol. The molecule has 0 aromatic carbocycles. The fourth-order valence-electron chi connectivity index (χ4n) is 2.04. The molecule has 1 aromatic heterocycles. The SMILES string of the molecule is Cc1cc(NC2(CN)CCC2)nc(C)n1. The van der Waals surface area contributed by atoms with E-state index in [4.69, 9.17) is 5.73 Å². The molecule has 0 radical (unpaired) electrons. The second kappa shape index (κ2) is 3.77. The molecular formula is C11H18N4. The fourth-order valence-corrected chi connectivity index (χ4v) is 2.04. The van der Waals surface area contributed by atoms with E-state index in [2.05, 4.69) is 15.3 Å². The molecule has 1 aliphatic rings. The topological polar surface area (TPSA) is 63.8 Å². The van der Waals surface area contributed by atoms with Crippen molar-refractivity contribution in [1.82, 2.24) is 9.97 Å². The highest BCUT2D eigenvalue weighted by atomic mass is 15.1. The summed E-state index contributed by atoms with van der Waals surface area (Å²) in [6.45, 7) is 4.57. The molecule has 0 atom stereocenters. The van der Waals surface area contributed by atoms with Gasteiger partial charge in [-0.25, -0.2) is 9.97 Å².